The van der Waals surface area contributed by atoms with Crippen LogP contribution >= 0.6 is 11.3 Å². The monoisotopic (exact) mass is 307 g/mol. The number of aryl methyl sites for hydroxylation is 2. The van der Waals surface area contributed by atoms with Crippen molar-refractivity contribution in [3.05, 3.63) is 34.0 Å². The number of hydrogen-bond donors (Lipinski definition) is 2. The topological polar surface area (TPSA) is 71.8 Å². The standard InChI is InChI=1S/C14H21N5OS/c1-5-12(13-15-6-7-21-13)17-14(20)16-9(2)11-8-19(4)18-10(11)3/h6-9,12H,5H2,1-4H3,(H2,16,17,20)/t9-,12-/m0/s1. The zero-order chi connectivity index (χ0) is 15.4. The van der Waals surface area contributed by atoms with Crippen molar-refractivity contribution in [2.24, 2.45) is 7.05 Å². The molecular weight excluding hydrogens is 286 g/mol. The van der Waals surface area contributed by atoms with E-state index in [4.69, 9.17) is 0 Å². The minimum atomic E-state index is -0.187. The smallest absolute Gasteiger partial charge is 0.315 e. The van der Waals surface area contributed by atoms with E-state index >= 15 is 0 Å². The normalized spacial score (nSPS) is 13.7. The molecule has 6 nitrogen and oxygen atoms in total. The second kappa shape index (κ2) is 6.71. The van der Waals surface area contributed by atoms with E-state index in [0.717, 1.165) is 22.7 Å². The summed E-state index contributed by atoms with van der Waals surface area (Å²) in [5.41, 5.74) is 1.95. The Bertz CT molecular complexity index is 593. The van der Waals surface area contributed by atoms with Crippen LogP contribution in [0.2, 0.25) is 0 Å². The number of amides is 2. The molecule has 0 aliphatic rings. The van der Waals surface area contributed by atoms with E-state index in [2.05, 4.69) is 20.7 Å². The van der Waals surface area contributed by atoms with Crippen molar-refractivity contribution in [3.8, 4) is 0 Å². The molecule has 2 atom stereocenters. The Labute approximate surface area is 128 Å². The molecule has 2 heterocycles. The molecule has 0 aliphatic carbocycles. The first kappa shape index (κ1) is 15.5. The van der Waals surface area contributed by atoms with E-state index in [0.29, 0.717) is 0 Å². The van der Waals surface area contributed by atoms with Crippen LogP contribution in [-0.4, -0.2) is 20.8 Å². The molecule has 2 N–H and O–H groups in total. The lowest BCUT2D eigenvalue weighted by molar-refractivity contribution is 0.233. The van der Waals surface area contributed by atoms with E-state index < -0.39 is 0 Å². The Morgan fingerprint density at radius 2 is 2.24 bits per heavy atom. The molecule has 2 aromatic heterocycles. The number of carbonyl (C=O) groups excluding carboxylic acids is 1. The Morgan fingerprint density at radius 3 is 2.76 bits per heavy atom. The van der Waals surface area contributed by atoms with Crippen LogP contribution in [0.3, 0.4) is 0 Å². The highest BCUT2D eigenvalue weighted by Crippen LogP contribution is 2.19. The SMILES string of the molecule is CC[C@H](NC(=O)N[C@@H](C)c1cn(C)nc1C)c1nccs1. The van der Waals surface area contributed by atoms with Crippen LogP contribution in [0.4, 0.5) is 4.79 Å². The minimum Gasteiger partial charge on any atom is -0.332 e. The second-order valence-corrected chi connectivity index (χ2v) is 5.94. The van der Waals surface area contributed by atoms with Gasteiger partial charge in [0.05, 0.1) is 17.8 Å². The highest BCUT2D eigenvalue weighted by Gasteiger charge is 2.18. The molecule has 2 amide bonds. The van der Waals surface area contributed by atoms with Crippen molar-refractivity contribution in [1.29, 1.82) is 0 Å². The molecule has 0 aliphatic heterocycles. The molecule has 21 heavy (non-hydrogen) atoms. The third-order valence-electron chi connectivity index (χ3n) is 3.33. The summed E-state index contributed by atoms with van der Waals surface area (Å²) in [5, 5.41) is 13.1. The largest absolute Gasteiger partial charge is 0.332 e. The van der Waals surface area contributed by atoms with Gasteiger partial charge >= 0.3 is 6.03 Å². The lowest BCUT2D eigenvalue weighted by Crippen LogP contribution is -2.39. The van der Waals surface area contributed by atoms with E-state index in [-0.39, 0.29) is 18.1 Å². The van der Waals surface area contributed by atoms with Crippen molar-refractivity contribution < 1.29 is 4.79 Å². The van der Waals surface area contributed by atoms with Gasteiger partial charge in [0, 0.05) is 30.4 Å². The van der Waals surface area contributed by atoms with Gasteiger partial charge in [-0.25, -0.2) is 9.78 Å². The molecule has 0 bridgehead atoms. The van der Waals surface area contributed by atoms with Crippen molar-refractivity contribution in [2.75, 3.05) is 0 Å². The molecule has 0 unspecified atom stereocenters. The summed E-state index contributed by atoms with van der Waals surface area (Å²) in [7, 11) is 1.87. The third kappa shape index (κ3) is 3.81. The van der Waals surface area contributed by atoms with E-state index in [1.807, 2.05) is 39.4 Å². The van der Waals surface area contributed by atoms with Crippen LogP contribution in [0, 0.1) is 6.92 Å². The van der Waals surface area contributed by atoms with Gasteiger partial charge in [-0.3, -0.25) is 4.68 Å². The first-order chi connectivity index (χ1) is 10.0. The maximum atomic E-state index is 12.1. The maximum absolute atomic E-state index is 12.1. The van der Waals surface area contributed by atoms with Crippen molar-refractivity contribution in [3.63, 3.8) is 0 Å². The summed E-state index contributed by atoms with van der Waals surface area (Å²) < 4.78 is 1.76. The summed E-state index contributed by atoms with van der Waals surface area (Å²) >= 11 is 1.55. The van der Waals surface area contributed by atoms with Gasteiger partial charge < -0.3 is 10.6 Å². The van der Waals surface area contributed by atoms with E-state index in [1.54, 1.807) is 22.2 Å². The summed E-state index contributed by atoms with van der Waals surface area (Å²) in [6.45, 7) is 5.92. The molecule has 0 saturated carbocycles. The summed E-state index contributed by atoms with van der Waals surface area (Å²) in [5.74, 6) is 0. The number of thiazole rings is 1. The van der Waals surface area contributed by atoms with Crippen LogP contribution in [-0.2, 0) is 7.05 Å². The number of aromatic nitrogens is 3. The maximum Gasteiger partial charge on any atom is 0.315 e. The number of hydrogen-bond acceptors (Lipinski definition) is 4. The summed E-state index contributed by atoms with van der Waals surface area (Å²) in [4.78, 5) is 16.4. The summed E-state index contributed by atoms with van der Waals surface area (Å²) in [6.07, 6.45) is 4.49. The van der Waals surface area contributed by atoms with Gasteiger partial charge in [-0.2, -0.15) is 5.10 Å². The molecule has 0 saturated heterocycles. The fraction of sp³-hybridized carbons (Fsp3) is 0.500. The number of urea groups is 1. The number of rotatable bonds is 5. The van der Waals surface area contributed by atoms with Gasteiger partial charge in [-0.05, 0) is 20.3 Å². The Morgan fingerprint density at radius 1 is 1.48 bits per heavy atom. The fourth-order valence-electron chi connectivity index (χ4n) is 2.26. The van der Waals surface area contributed by atoms with E-state index in [9.17, 15) is 4.79 Å². The van der Waals surface area contributed by atoms with Gasteiger partial charge in [0.1, 0.15) is 5.01 Å². The van der Waals surface area contributed by atoms with Crippen LogP contribution in [0.15, 0.2) is 17.8 Å². The average Bonchev–Trinajstić information content (AvgIpc) is 3.05. The Hall–Kier alpha value is -1.89. The van der Waals surface area contributed by atoms with Crippen molar-refractivity contribution in [1.82, 2.24) is 25.4 Å². The summed E-state index contributed by atoms with van der Waals surface area (Å²) in [6, 6.07) is -0.326. The molecule has 2 rings (SSSR count). The van der Waals surface area contributed by atoms with Gasteiger partial charge in [0.25, 0.3) is 0 Å². The van der Waals surface area contributed by atoms with E-state index in [1.165, 1.54) is 0 Å². The number of nitrogens with one attached hydrogen (secondary N) is 2. The van der Waals surface area contributed by atoms with Crippen molar-refractivity contribution >= 4 is 17.4 Å². The molecule has 7 heteroatoms. The zero-order valence-electron chi connectivity index (χ0n) is 12.8. The van der Waals surface area contributed by atoms with Gasteiger partial charge in [-0.15, -0.1) is 11.3 Å². The molecule has 0 radical (unpaired) electrons. The minimum absolute atomic E-state index is 0.0489. The van der Waals surface area contributed by atoms with Crippen LogP contribution in [0.25, 0.3) is 0 Å². The number of nitrogens with zero attached hydrogens (tertiary/aromatic N) is 3. The van der Waals surface area contributed by atoms with Gasteiger partial charge in [0.15, 0.2) is 0 Å². The molecule has 0 spiro atoms. The second-order valence-electron chi connectivity index (χ2n) is 5.01. The Kier molecular flexibility index (Phi) is 4.95. The third-order valence-corrected chi connectivity index (χ3v) is 4.22. The lowest BCUT2D eigenvalue weighted by Gasteiger charge is -2.18. The zero-order valence-corrected chi connectivity index (χ0v) is 13.6. The van der Waals surface area contributed by atoms with Gasteiger partial charge in [-0.1, -0.05) is 6.92 Å². The number of carbonyl (C=O) groups is 1. The van der Waals surface area contributed by atoms with Crippen LogP contribution < -0.4 is 10.6 Å². The lowest BCUT2D eigenvalue weighted by atomic mass is 10.1. The van der Waals surface area contributed by atoms with Crippen molar-refractivity contribution in [2.45, 2.75) is 39.3 Å². The predicted molar refractivity (Wildman–Crippen MR) is 83.2 cm³/mol. The van der Waals surface area contributed by atoms with Gasteiger partial charge in [0.2, 0.25) is 0 Å². The molecule has 0 fully saturated rings. The average molecular weight is 307 g/mol. The highest BCUT2D eigenvalue weighted by atomic mass is 32.1. The Balaban J connectivity index is 1.96. The molecule has 114 valence electrons. The van der Waals surface area contributed by atoms with Crippen LogP contribution in [0.5, 0.6) is 0 Å². The quantitative estimate of drug-likeness (QED) is 0.892. The molecule has 2 aromatic rings. The van der Waals surface area contributed by atoms with Crippen LogP contribution in [0.1, 0.15) is 48.6 Å². The highest BCUT2D eigenvalue weighted by molar-refractivity contribution is 7.09. The molecule has 0 aromatic carbocycles. The first-order valence-corrected chi connectivity index (χ1v) is 7.85. The predicted octanol–water partition coefficient (Wildman–Crippen LogP) is 2.70. The fourth-order valence-corrected chi connectivity index (χ4v) is 3.04. The molecular formula is C14H21N5OS. The first-order valence-electron chi connectivity index (χ1n) is 6.97.